The molecule has 1 N–H and O–H groups in total. The summed E-state index contributed by atoms with van der Waals surface area (Å²) in [5, 5.41) is 3.30. The van der Waals surface area contributed by atoms with Crippen LogP contribution in [0.5, 0.6) is 11.5 Å². The van der Waals surface area contributed by atoms with Crippen LogP contribution in [0.25, 0.3) is 0 Å². The van der Waals surface area contributed by atoms with Crippen molar-refractivity contribution in [3.05, 3.63) is 34.5 Å². The number of ether oxygens (including phenoxy) is 4. The van der Waals surface area contributed by atoms with Crippen LogP contribution in [-0.4, -0.2) is 31.9 Å². The lowest BCUT2D eigenvalue weighted by Gasteiger charge is -2.29. The van der Waals surface area contributed by atoms with Gasteiger partial charge in [-0.2, -0.15) is 0 Å². The first kappa shape index (κ1) is 17.9. The van der Waals surface area contributed by atoms with E-state index in [1.54, 1.807) is 12.1 Å². The topological polar surface area (TPSA) is 83.1 Å². The van der Waals surface area contributed by atoms with Crippen molar-refractivity contribution in [2.24, 2.45) is 0 Å². The van der Waals surface area contributed by atoms with Crippen LogP contribution in [0.1, 0.15) is 19.4 Å². The van der Waals surface area contributed by atoms with E-state index in [2.05, 4.69) is 5.32 Å². The number of nitrogens with one attached hydrogen (secondary N) is 1. The molecule has 1 aliphatic rings. The number of carbonyl (C=O) groups excluding carboxylic acids is 2. The number of hydrogen-bond acceptors (Lipinski definition) is 7. The summed E-state index contributed by atoms with van der Waals surface area (Å²) in [5.41, 5.74) is 0.481. The van der Waals surface area contributed by atoms with Crippen LogP contribution in [0.3, 0.4) is 0 Å². The van der Waals surface area contributed by atoms with E-state index in [1.807, 2.05) is 0 Å². The Kier molecular flexibility index (Phi) is 5.23. The van der Waals surface area contributed by atoms with Gasteiger partial charge < -0.3 is 24.3 Å². The van der Waals surface area contributed by atoms with Gasteiger partial charge >= 0.3 is 11.9 Å². The van der Waals surface area contributed by atoms with Gasteiger partial charge in [0.05, 0.1) is 14.2 Å². The van der Waals surface area contributed by atoms with Gasteiger partial charge in [0.25, 0.3) is 5.79 Å². The minimum absolute atomic E-state index is 0.217. The maximum Gasteiger partial charge on any atom is 0.350 e. The van der Waals surface area contributed by atoms with Crippen molar-refractivity contribution in [3.63, 3.8) is 0 Å². The van der Waals surface area contributed by atoms with Gasteiger partial charge in [-0.1, -0.05) is 11.6 Å². The van der Waals surface area contributed by atoms with Crippen LogP contribution < -0.4 is 14.8 Å². The minimum Gasteiger partial charge on any atom is -0.493 e. The van der Waals surface area contributed by atoms with Crippen LogP contribution in [-0.2, 0) is 25.6 Å². The molecule has 0 bridgehead atoms. The standard InChI is InChI=1S/C16H18ClNO6/c1-16(2)23-14(19)10(15(20)24-16)8-18-7-9-5-12(21-3)13(22-4)6-11(9)17/h5-6,8,18H,7H2,1-4H3. The second kappa shape index (κ2) is 7.00. The third-order valence-corrected chi connectivity index (χ3v) is 3.56. The third-order valence-electron chi connectivity index (χ3n) is 3.21. The molecule has 0 amide bonds. The molecule has 24 heavy (non-hydrogen) atoms. The van der Waals surface area contributed by atoms with Crippen molar-refractivity contribution in [2.45, 2.75) is 26.2 Å². The summed E-state index contributed by atoms with van der Waals surface area (Å²) in [6, 6.07) is 3.32. The number of esters is 2. The molecule has 0 unspecified atom stereocenters. The predicted octanol–water partition coefficient (Wildman–Crippen LogP) is 2.17. The molecule has 1 aromatic rings. The molecule has 1 fully saturated rings. The van der Waals surface area contributed by atoms with Gasteiger partial charge in [-0.15, -0.1) is 0 Å². The molecule has 0 spiro atoms. The van der Waals surface area contributed by atoms with E-state index in [4.69, 9.17) is 30.5 Å². The maximum atomic E-state index is 11.8. The fraction of sp³-hybridized carbons (Fsp3) is 0.375. The molecule has 2 rings (SSSR count). The zero-order chi connectivity index (χ0) is 17.9. The van der Waals surface area contributed by atoms with E-state index in [1.165, 1.54) is 34.3 Å². The molecule has 1 saturated heterocycles. The van der Waals surface area contributed by atoms with Crippen molar-refractivity contribution >= 4 is 23.5 Å². The Bertz CT molecular complexity index is 676. The smallest absolute Gasteiger partial charge is 0.350 e. The predicted molar refractivity (Wildman–Crippen MR) is 85.7 cm³/mol. The van der Waals surface area contributed by atoms with E-state index in [0.29, 0.717) is 22.1 Å². The summed E-state index contributed by atoms with van der Waals surface area (Å²) >= 11 is 6.17. The monoisotopic (exact) mass is 355 g/mol. The number of rotatable bonds is 5. The highest BCUT2D eigenvalue weighted by Crippen LogP contribution is 2.33. The van der Waals surface area contributed by atoms with Crippen molar-refractivity contribution in [3.8, 4) is 11.5 Å². The minimum atomic E-state index is -1.27. The number of carbonyl (C=O) groups is 2. The fourth-order valence-electron chi connectivity index (χ4n) is 2.07. The number of benzene rings is 1. The first-order valence-electron chi connectivity index (χ1n) is 7.08. The van der Waals surface area contributed by atoms with Crippen molar-refractivity contribution in [1.29, 1.82) is 0 Å². The quantitative estimate of drug-likeness (QED) is 0.492. The lowest BCUT2D eigenvalue weighted by atomic mass is 10.2. The van der Waals surface area contributed by atoms with E-state index < -0.39 is 17.7 Å². The second-order valence-electron chi connectivity index (χ2n) is 5.42. The zero-order valence-corrected chi connectivity index (χ0v) is 14.5. The Balaban J connectivity index is 2.11. The van der Waals surface area contributed by atoms with Crippen LogP contribution in [0.4, 0.5) is 0 Å². The van der Waals surface area contributed by atoms with Crippen molar-refractivity contribution < 1.29 is 28.5 Å². The summed E-state index contributed by atoms with van der Waals surface area (Å²) in [4.78, 5) is 23.6. The normalized spacial score (nSPS) is 16.1. The molecule has 0 atom stereocenters. The molecule has 0 radical (unpaired) electrons. The molecule has 1 aliphatic heterocycles. The van der Waals surface area contributed by atoms with Gasteiger partial charge in [0.15, 0.2) is 17.1 Å². The molecule has 0 saturated carbocycles. The van der Waals surface area contributed by atoms with E-state index in [-0.39, 0.29) is 12.1 Å². The largest absolute Gasteiger partial charge is 0.493 e. The Morgan fingerprint density at radius 3 is 2.21 bits per heavy atom. The number of hydrogen-bond donors (Lipinski definition) is 1. The Hall–Kier alpha value is -2.41. The third kappa shape index (κ3) is 3.91. The van der Waals surface area contributed by atoms with Crippen LogP contribution in [0.2, 0.25) is 5.02 Å². The average molecular weight is 356 g/mol. The number of cyclic esters (lactones) is 2. The Morgan fingerprint density at radius 2 is 1.67 bits per heavy atom. The molecule has 0 aromatic heterocycles. The van der Waals surface area contributed by atoms with Crippen LogP contribution >= 0.6 is 11.6 Å². The van der Waals surface area contributed by atoms with E-state index in [9.17, 15) is 9.59 Å². The van der Waals surface area contributed by atoms with Gasteiger partial charge in [-0.05, 0) is 11.6 Å². The van der Waals surface area contributed by atoms with E-state index in [0.717, 1.165) is 0 Å². The lowest BCUT2D eigenvalue weighted by molar-refractivity contribution is -0.222. The fourth-order valence-corrected chi connectivity index (χ4v) is 2.29. The van der Waals surface area contributed by atoms with Gasteiger partial charge in [-0.25, -0.2) is 9.59 Å². The molecule has 8 heteroatoms. The summed E-state index contributed by atoms with van der Waals surface area (Å²) < 4.78 is 20.4. The first-order chi connectivity index (χ1) is 11.3. The number of methoxy groups -OCH3 is 2. The van der Waals surface area contributed by atoms with Gasteiger partial charge in [0, 0.05) is 37.7 Å². The van der Waals surface area contributed by atoms with Gasteiger partial charge in [0.1, 0.15) is 0 Å². The zero-order valence-electron chi connectivity index (χ0n) is 13.8. The molecular weight excluding hydrogens is 338 g/mol. The highest BCUT2D eigenvalue weighted by molar-refractivity contribution is 6.31. The summed E-state index contributed by atoms with van der Waals surface area (Å²) in [6.07, 6.45) is 1.24. The summed E-state index contributed by atoms with van der Waals surface area (Å²) in [7, 11) is 3.03. The molecule has 1 heterocycles. The molecule has 7 nitrogen and oxygen atoms in total. The number of halogens is 1. The van der Waals surface area contributed by atoms with Crippen molar-refractivity contribution in [1.82, 2.24) is 5.32 Å². The van der Waals surface area contributed by atoms with E-state index >= 15 is 0 Å². The second-order valence-corrected chi connectivity index (χ2v) is 5.82. The van der Waals surface area contributed by atoms with Crippen LogP contribution in [0.15, 0.2) is 23.9 Å². The molecule has 130 valence electrons. The maximum absolute atomic E-state index is 11.8. The van der Waals surface area contributed by atoms with Crippen molar-refractivity contribution in [2.75, 3.05) is 14.2 Å². The summed E-state index contributed by atoms with van der Waals surface area (Å²) in [5.74, 6) is -1.74. The molecule has 0 aliphatic carbocycles. The Labute approximate surface area is 144 Å². The molecule has 1 aromatic carbocycles. The highest BCUT2D eigenvalue weighted by atomic mass is 35.5. The molecular formula is C16H18ClNO6. The highest BCUT2D eigenvalue weighted by Gasteiger charge is 2.38. The Morgan fingerprint density at radius 1 is 1.12 bits per heavy atom. The first-order valence-corrected chi connectivity index (χ1v) is 7.46. The van der Waals surface area contributed by atoms with Gasteiger partial charge in [-0.3, -0.25) is 0 Å². The van der Waals surface area contributed by atoms with Crippen LogP contribution in [0, 0.1) is 0 Å². The summed E-state index contributed by atoms with van der Waals surface area (Å²) in [6.45, 7) is 3.22. The lowest BCUT2D eigenvalue weighted by Crippen LogP contribution is -2.42. The average Bonchev–Trinajstić information content (AvgIpc) is 2.49. The SMILES string of the molecule is COc1cc(Cl)c(CNC=C2C(=O)OC(C)(C)OC2=O)cc1OC. The van der Waals surface area contributed by atoms with Gasteiger partial charge in [0.2, 0.25) is 0 Å².